The third-order valence-corrected chi connectivity index (χ3v) is 4.71. The van der Waals surface area contributed by atoms with Crippen molar-refractivity contribution in [2.45, 2.75) is 52.6 Å². The van der Waals surface area contributed by atoms with E-state index in [9.17, 15) is 14.4 Å². The van der Waals surface area contributed by atoms with E-state index >= 15 is 0 Å². The lowest BCUT2D eigenvalue weighted by Gasteiger charge is -2.20. The van der Waals surface area contributed by atoms with Crippen molar-refractivity contribution in [3.05, 3.63) is 48.0 Å². The lowest BCUT2D eigenvalue weighted by molar-refractivity contribution is -0.155. The van der Waals surface area contributed by atoms with Crippen LogP contribution in [0.4, 0.5) is 11.4 Å². The van der Waals surface area contributed by atoms with Crippen molar-refractivity contribution >= 4 is 29.2 Å². The highest BCUT2D eigenvalue weighted by molar-refractivity contribution is 5.99. The van der Waals surface area contributed by atoms with Crippen LogP contribution in [0.25, 0.3) is 0 Å². The van der Waals surface area contributed by atoms with Crippen LogP contribution in [0, 0.1) is 5.92 Å². The van der Waals surface area contributed by atoms with Gasteiger partial charge in [-0.3, -0.25) is 14.4 Å². The van der Waals surface area contributed by atoms with E-state index in [2.05, 4.69) is 10.6 Å². The first-order chi connectivity index (χ1) is 14.6. The van der Waals surface area contributed by atoms with Gasteiger partial charge < -0.3 is 20.1 Å². The quantitative estimate of drug-likeness (QED) is 0.630. The van der Waals surface area contributed by atoms with E-state index in [1.165, 1.54) is 0 Å². The van der Waals surface area contributed by atoms with Crippen LogP contribution in [-0.4, -0.2) is 23.4 Å². The number of hydrogen-bond acceptors (Lipinski definition) is 5. The van der Waals surface area contributed by atoms with Gasteiger partial charge in [0.1, 0.15) is 17.1 Å². The van der Waals surface area contributed by atoms with E-state index in [0.29, 0.717) is 30.0 Å². The van der Waals surface area contributed by atoms with Gasteiger partial charge in [-0.2, -0.15) is 0 Å². The first-order valence-electron chi connectivity index (χ1n) is 10.3. The number of benzene rings is 2. The van der Waals surface area contributed by atoms with Gasteiger partial charge >= 0.3 is 5.97 Å². The van der Waals surface area contributed by atoms with Crippen molar-refractivity contribution < 1.29 is 23.9 Å². The Hall–Kier alpha value is -3.35. The summed E-state index contributed by atoms with van der Waals surface area (Å²) in [4.78, 5) is 35.7. The Kier molecular flexibility index (Phi) is 6.63. The van der Waals surface area contributed by atoms with Crippen molar-refractivity contribution in [2.75, 3.05) is 10.6 Å². The van der Waals surface area contributed by atoms with Gasteiger partial charge in [-0.1, -0.05) is 6.92 Å². The number of carbonyl (C=O) groups excluding carboxylic acids is 3. The average Bonchev–Trinajstić information content (AvgIpc) is 3.05. The molecule has 0 spiro atoms. The molecule has 0 aromatic heterocycles. The molecule has 1 heterocycles. The highest BCUT2D eigenvalue weighted by Gasteiger charge is 2.20. The van der Waals surface area contributed by atoms with Gasteiger partial charge in [0.05, 0.1) is 6.42 Å². The number of hydrogen-bond donors (Lipinski definition) is 2. The molecule has 0 unspecified atom stereocenters. The normalized spacial score (nSPS) is 13.7. The lowest BCUT2D eigenvalue weighted by Crippen LogP contribution is -2.25. The van der Waals surface area contributed by atoms with E-state index in [4.69, 9.17) is 9.47 Å². The number of esters is 1. The Bertz CT molecular complexity index is 976. The van der Waals surface area contributed by atoms with Crippen LogP contribution in [0.1, 0.15) is 46.1 Å². The Morgan fingerprint density at radius 2 is 1.77 bits per heavy atom. The molecule has 0 saturated heterocycles. The number of ether oxygens (including phenoxy) is 2. The van der Waals surface area contributed by atoms with Crippen molar-refractivity contribution in [1.29, 1.82) is 0 Å². The second-order valence-electron chi connectivity index (χ2n) is 8.69. The zero-order chi connectivity index (χ0) is 22.6. The van der Waals surface area contributed by atoms with Crippen LogP contribution in [-0.2, 0) is 25.5 Å². The van der Waals surface area contributed by atoms with E-state index in [-0.39, 0.29) is 30.1 Å². The van der Waals surface area contributed by atoms with E-state index in [0.717, 1.165) is 11.3 Å². The summed E-state index contributed by atoms with van der Waals surface area (Å²) in [5, 5.41) is 5.64. The van der Waals surface area contributed by atoms with Crippen molar-refractivity contribution in [3.63, 3.8) is 0 Å². The largest absolute Gasteiger partial charge is 0.460 e. The first-order valence-corrected chi connectivity index (χ1v) is 10.3. The van der Waals surface area contributed by atoms with Crippen LogP contribution in [0.2, 0.25) is 0 Å². The summed E-state index contributed by atoms with van der Waals surface area (Å²) >= 11 is 0. The summed E-state index contributed by atoms with van der Waals surface area (Å²) in [6.07, 6.45) is 0.960. The SMILES string of the molecule is C[C@@H](CCC(=O)OC(C)(C)C)C(=O)Nc1ccc(Oc2ccc3c(c2)CC(=O)N3)cc1. The molecule has 1 atom stereocenters. The standard InChI is InChI=1S/C24H28N2O5/c1-15(5-12-22(28)31-24(2,3)4)23(29)25-17-6-8-18(9-7-17)30-19-10-11-20-16(13-19)14-21(27)26-20/h6-11,13,15H,5,12,14H2,1-4H3,(H,25,29)(H,26,27)/t15-/m0/s1. The number of rotatable bonds is 7. The van der Waals surface area contributed by atoms with Crippen molar-refractivity contribution in [1.82, 2.24) is 0 Å². The van der Waals surface area contributed by atoms with Gasteiger partial charge in [0.2, 0.25) is 11.8 Å². The monoisotopic (exact) mass is 424 g/mol. The summed E-state index contributed by atoms with van der Waals surface area (Å²) in [6.45, 7) is 7.23. The van der Waals surface area contributed by atoms with Crippen molar-refractivity contribution in [2.24, 2.45) is 5.92 Å². The molecule has 2 aromatic rings. The zero-order valence-corrected chi connectivity index (χ0v) is 18.3. The van der Waals surface area contributed by atoms with E-state index in [1.54, 1.807) is 37.3 Å². The molecule has 7 heteroatoms. The molecule has 0 saturated carbocycles. The average molecular weight is 424 g/mol. The predicted octanol–water partition coefficient (Wildman–Crippen LogP) is 4.67. The molecule has 3 rings (SSSR count). The molecular formula is C24H28N2O5. The van der Waals surface area contributed by atoms with Gasteiger partial charge in [0, 0.05) is 23.7 Å². The van der Waals surface area contributed by atoms with Gasteiger partial charge in [-0.25, -0.2) is 0 Å². The fraction of sp³-hybridized carbons (Fsp3) is 0.375. The smallest absolute Gasteiger partial charge is 0.306 e. The van der Waals surface area contributed by atoms with Gasteiger partial charge in [0.15, 0.2) is 0 Å². The first kappa shape index (κ1) is 22.3. The fourth-order valence-corrected chi connectivity index (χ4v) is 3.13. The molecule has 1 aliphatic rings. The molecule has 2 amide bonds. The fourth-order valence-electron chi connectivity index (χ4n) is 3.13. The molecule has 31 heavy (non-hydrogen) atoms. The number of amides is 2. The summed E-state index contributed by atoms with van der Waals surface area (Å²) in [5.74, 6) is 0.447. The maximum absolute atomic E-state index is 12.4. The molecule has 164 valence electrons. The number of anilines is 2. The minimum absolute atomic E-state index is 0.0208. The summed E-state index contributed by atoms with van der Waals surface area (Å²) in [5.41, 5.74) is 1.84. The molecule has 1 aliphatic heterocycles. The maximum Gasteiger partial charge on any atom is 0.306 e. The van der Waals surface area contributed by atoms with Crippen LogP contribution < -0.4 is 15.4 Å². The third-order valence-electron chi connectivity index (χ3n) is 4.71. The second kappa shape index (κ2) is 9.20. The number of carbonyl (C=O) groups is 3. The van der Waals surface area contributed by atoms with E-state index < -0.39 is 5.60 Å². The molecule has 7 nitrogen and oxygen atoms in total. The van der Waals surface area contributed by atoms with Gasteiger partial charge in [0.25, 0.3) is 0 Å². The van der Waals surface area contributed by atoms with E-state index in [1.807, 2.05) is 32.9 Å². The number of fused-ring (bicyclic) bond motifs is 1. The summed E-state index contributed by atoms with van der Waals surface area (Å²) < 4.78 is 11.1. The zero-order valence-electron chi connectivity index (χ0n) is 18.3. The Labute approximate surface area is 182 Å². The summed E-state index contributed by atoms with van der Waals surface area (Å²) in [7, 11) is 0. The minimum Gasteiger partial charge on any atom is -0.460 e. The molecule has 0 aliphatic carbocycles. The lowest BCUT2D eigenvalue weighted by atomic mass is 10.0. The maximum atomic E-state index is 12.4. The van der Waals surface area contributed by atoms with Crippen LogP contribution in [0.15, 0.2) is 42.5 Å². The third kappa shape index (κ3) is 6.57. The molecule has 0 radical (unpaired) electrons. The topological polar surface area (TPSA) is 93.7 Å². The molecule has 2 aromatic carbocycles. The molecule has 0 fully saturated rings. The number of nitrogens with one attached hydrogen (secondary N) is 2. The molecule has 2 N–H and O–H groups in total. The second-order valence-corrected chi connectivity index (χ2v) is 8.69. The molecule has 0 bridgehead atoms. The Morgan fingerprint density at radius 1 is 1.10 bits per heavy atom. The summed E-state index contributed by atoms with van der Waals surface area (Å²) in [6, 6.07) is 12.5. The Balaban J connectivity index is 1.50. The minimum atomic E-state index is -0.527. The van der Waals surface area contributed by atoms with Crippen LogP contribution >= 0.6 is 0 Å². The molecular weight excluding hydrogens is 396 g/mol. The van der Waals surface area contributed by atoms with Gasteiger partial charge in [-0.15, -0.1) is 0 Å². The van der Waals surface area contributed by atoms with Gasteiger partial charge in [-0.05, 0) is 75.2 Å². The highest BCUT2D eigenvalue weighted by atomic mass is 16.6. The van der Waals surface area contributed by atoms with Crippen molar-refractivity contribution in [3.8, 4) is 11.5 Å². The van der Waals surface area contributed by atoms with Crippen LogP contribution in [0.3, 0.4) is 0 Å². The van der Waals surface area contributed by atoms with Crippen LogP contribution in [0.5, 0.6) is 11.5 Å². The Morgan fingerprint density at radius 3 is 2.45 bits per heavy atom. The highest BCUT2D eigenvalue weighted by Crippen LogP contribution is 2.30. The predicted molar refractivity (Wildman–Crippen MR) is 118 cm³/mol.